The first-order valence-corrected chi connectivity index (χ1v) is 7.46. The second-order valence-electron chi connectivity index (χ2n) is 5.34. The summed E-state index contributed by atoms with van der Waals surface area (Å²) in [5, 5.41) is 0. The highest BCUT2D eigenvalue weighted by Gasteiger charge is 2.36. The number of nitrogens with one attached hydrogen (secondary N) is 1. The van der Waals surface area contributed by atoms with Gasteiger partial charge in [0.15, 0.2) is 0 Å². The number of fused-ring (bicyclic) bond motifs is 1. The van der Waals surface area contributed by atoms with Crippen molar-refractivity contribution in [1.82, 2.24) is 9.62 Å². The van der Waals surface area contributed by atoms with Gasteiger partial charge < -0.3 is 4.90 Å². The number of carbonyl (C=O) groups is 2. The number of benzene rings is 1. The minimum absolute atomic E-state index is 0.0446. The first-order chi connectivity index (χ1) is 9.49. The molecule has 0 bridgehead atoms. The van der Waals surface area contributed by atoms with Crippen LogP contribution in [0.3, 0.4) is 0 Å². The van der Waals surface area contributed by atoms with E-state index >= 15 is 0 Å². The molecule has 0 aromatic heterocycles. The van der Waals surface area contributed by atoms with Gasteiger partial charge in [-0.3, -0.25) is 9.52 Å². The fourth-order valence-electron chi connectivity index (χ4n) is 2.51. The van der Waals surface area contributed by atoms with Gasteiger partial charge in [0.2, 0.25) is 5.91 Å². The van der Waals surface area contributed by atoms with Gasteiger partial charge in [-0.2, -0.15) is 0 Å². The number of urea groups is 1. The molecule has 20 heavy (non-hydrogen) atoms. The number of hydrogen-bond donors (Lipinski definition) is 1. The molecule has 3 amide bonds. The van der Waals surface area contributed by atoms with Gasteiger partial charge in [0.1, 0.15) is 0 Å². The lowest BCUT2D eigenvalue weighted by Gasteiger charge is -2.36. The molecule has 2 atom stereocenters. The Hall–Kier alpha value is -1.53. The van der Waals surface area contributed by atoms with E-state index in [9.17, 15) is 9.59 Å². The number of hydrogen-bond acceptors (Lipinski definition) is 4. The maximum Gasteiger partial charge on any atom is 0.331 e. The molecule has 2 unspecified atom stereocenters. The highest BCUT2D eigenvalue weighted by atomic mass is 32.2. The monoisotopic (exact) mass is 291 g/mol. The average Bonchev–Trinajstić information content (AvgIpc) is 2.78. The quantitative estimate of drug-likeness (QED) is 0.808. The van der Waals surface area contributed by atoms with E-state index in [1.165, 1.54) is 4.90 Å². The number of rotatable bonds is 1. The Bertz CT molecular complexity index is 590. The Morgan fingerprint density at radius 1 is 1.30 bits per heavy atom. The number of anilines is 1. The summed E-state index contributed by atoms with van der Waals surface area (Å²) < 4.78 is 3.27. The molecule has 2 heterocycles. The van der Waals surface area contributed by atoms with Crippen molar-refractivity contribution in [3.63, 3.8) is 0 Å². The summed E-state index contributed by atoms with van der Waals surface area (Å²) in [6, 6.07) is 5.67. The fourth-order valence-corrected chi connectivity index (χ4v) is 3.43. The molecule has 2 aliphatic rings. The van der Waals surface area contributed by atoms with E-state index in [2.05, 4.69) is 11.6 Å². The number of carbonyl (C=O) groups excluding carboxylic acids is 2. The summed E-state index contributed by atoms with van der Waals surface area (Å²) in [4.78, 5) is 28.6. The molecule has 6 heteroatoms. The van der Waals surface area contributed by atoms with Gasteiger partial charge in [-0.25, -0.2) is 9.69 Å². The third kappa shape index (κ3) is 1.99. The normalized spacial score (nSPS) is 26.1. The molecule has 1 aromatic carbocycles. The van der Waals surface area contributed by atoms with E-state index in [4.69, 9.17) is 0 Å². The molecule has 0 radical (unpaired) electrons. The Morgan fingerprint density at radius 3 is 2.80 bits per heavy atom. The third-order valence-corrected chi connectivity index (χ3v) is 5.00. The number of nitrogens with zero attached hydrogens (tertiary/aromatic N) is 2. The van der Waals surface area contributed by atoms with Crippen LogP contribution < -0.4 is 9.62 Å². The Morgan fingerprint density at radius 2 is 2.05 bits per heavy atom. The number of imide groups is 1. The van der Waals surface area contributed by atoms with Crippen LogP contribution in [0.5, 0.6) is 0 Å². The van der Waals surface area contributed by atoms with Crippen LogP contribution in [0.4, 0.5) is 10.5 Å². The standard InChI is InChI=1S/C14H17N3O2S/c1-8-6-13(18)17(14(19)16(8)3)10-4-5-12-11(7-10)9(2)15-20-12/h4-5,7-9,15H,6H2,1-3H3. The van der Waals surface area contributed by atoms with E-state index in [0.29, 0.717) is 12.1 Å². The summed E-state index contributed by atoms with van der Waals surface area (Å²) in [7, 11) is 1.74. The highest BCUT2D eigenvalue weighted by Crippen LogP contribution is 2.37. The second kappa shape index (κ2) is 4.79. The molecule has 1 N–H and O–H groups in total. The highest BCUT2D eigenvalue weighted by molar-refractivity contribution is 7.97. The van der Waals surface area contributed by atoms with Crippen LogP contribution in [-0.4, -0.2) is 29.9 Å². The minimum Gasteiger partial charge on any atom is -0.324 e. The maximum absolute atomic E-state index is 12.3. The zero-order valence-corrected chi connectivity index (χ0v) is 12.5. The first kappa shape index (κ1) is 13.5. The topological polar surface area (TPSA) is 52.7 Å². The van der Waals surface area contributed by atoms with Crippen molar-refractivity contribution in [3.8, 4) is 0 Å². The minimum atomic E-state index is -0.250. The summed E-state index contributed by atoms with van der Waals surface area (Å²) in [5.41, 5.74) is 1.79. The van der Waals surface area contributed by atoms with Gasteiger partial charge in [0.25, 0.3) is 0 Å². The largest absolute Gasteiger partial charge is 0.331 e. The van der Waals surface area contributed by atoms with Gasteiger partial charge in [-0.15, -0.1) is 0 Å². The van der Waals surface area contributed by atoms with Crippen molar-refractivity contribution >= 4 is 29.6 Å². The van der Waals surface area contributed by atoms with Crippen LogP contribution in [0, 0.1) is 0 Å². The predicted molar refractivity (Wildman–Crippen MR) is 78.6 cm³/mol. The van der Waals surface area contributed by atoms with Crippen LogP contribution in [0.25, 0.3) is 0 Å². The van der Waals surface area contributed by atoms with Gasteiger partial charge in [-0.05, 0) is 49.6 Å². The van der Waals surface area contributed by atoms with Crippen LogP contribution in [-0.2, 0) is 4.79 Å². The van der Waals surface area contributed by atoms with Crippen LogP contribution in [0.15, 0.2) is 23.1 Å². The lowest BCUT2D eigenvalue weighted by Crippen LogP contribution is -2.54. The Balaban J connectivity index is 1.98. The van der Waals surface area contributed by atoms with Crippen molar-refractivity contribution < 1.29 is 9.59 Å². The molecular weight excluding hydrogens is 274 g/mol. The summed E-state index contributed by atoms with van der Waals surface area (Å²) in [5.74, 6) is -0.133. The molecule has 1 aromatic rings. The summed E-state index contributed by atoms with van der Waals surface area (Å²) in [6.45, 7) is 3.95. The van der Waals surface area contributed by atoms with Crippen molar-refractivity contribution in [3.05, 3.63) is 23.8 Å². The predicted octanol–water partition coefficient (Wildman–Crippen LogP) is 2.53. The molecule has 2 aliphatic heterocycles. The molecule has 0 spiro atoms. The lowest BCUT2D eigenvalue weighted by molar-refractivity contribution is -0.119. The van der Waals surface area contributed by atoms with Crippen LogP contribution in [0.2, 0.25) is 0 Å². The first-order valence-electron chi connectivity index (χ1n) is 6.65. The molecule has 3 rings (SSSR count). The maximum atomic E-state index is 12.3. The van der Waals surface area contributed by atoms with E-state index in [0.717, 1.165) is 10.5 Å². The van der Waals surface area contributed by atoms with Gasteiger partial charge >= 0.3 is 6.03 Å². The zero-order chi connectivity index (χ0) is 14.4. The molecule has 1 fully saturated rings. The average molecular weight is 291 g/mol. The molecule has 1 saturated heterocycles. The van der Waals surface area contributed by atoms with E-state index in [1.54, 1.807) is 23.9 Å². The summed E-state index contributed by atoms with van der Waals surface area (Å²) >= 11 is 1.59. The fraction of sp³-hybridized carbons (Fsp3) is 0.429. The van der Waals surface area contributed by atoms with Gasteiger partial charge in [0.05, 0.1) is 5.69 Å². The van der Waals surface area contributed by atoms with E-state index < -0.39 is 0 Å². The zero-order valence-electron chi connectivity index (χ0n) is 11.7. The molecule has 0 saturated carbocycles. The van der Waals surface area contributed by atoms with Crippen molar-refractivity contribution in [2.45, 2.75) is 37.2 Å². The van der Waals surface area contributed by atoms with E-state index in [-0.39, 0.29) is 24.0 Å². The van der Waals surface area contributed by atoms with E-state index in [1.807, 2.05) is 25.1 Å². The number of amides is 3. The lowest BCUT2D eigenvalue weighted by atomic mass is 10.1. The molecular formula is C14H17N3O2S. The molecule has 106 valence electrons. The summed E-state index contributed by atoms with van der Waals surface area (Å²) in [6.07, 6.45) is 0.363. The Labute approximate surface area is 122 Å². The van der Waals surface area contributed by atoms with Crippen LogP contribution >= 0.6 is 11.9 Å². The molecule has 0 aliphatic carbocycles. The second-order valence-corrected chi connectivity index (χ2v) is 6.22. The van der Waals surface area contributed by atoms with Gasteiger partial charge in [-0.1, -0.05) is 0 Å². The SMILES string of the molecule is CC1NSc2ccc(N3C(=O)CC(C)N(C)C3=O)cc21. The molecule has 5 nitrogen and oxygen atoms in total. The van der Waals surface area contributed by atoms with Crippen molar-refractivity contribution in [2.75, 3.05) is 11.9 Å². The van der Waals surface area contributed by atoms with Crippen LogP contribution in [0.1, 0.15) is 31.9 Å². The Kier molecular flexibility index (Phi) is 3.22. The smallest absolute Gasteiger partial charge is 0.324 e. The van der Waals surface area contributed by atoms with Crippen molar-refractivity contribution in [2.24, 2.45) is 0 Å². The van der Waals surface area contributed by atoms with Gasteiger partial charge in [0, 0.05) is 30.4 Å². The van der Waals surface area contributed by atoms with Crippen molar-refractivity contribution in [1.29, 1.82) is 0 Å². The third-order valence-electron chi connectivity index (χ3n) is 3.94.